The third kappa shape index (κ3) is 5.03. The Bertz CT molecular complexity index is 875. The van der Waals surface area contributed by atoms with Crippen LogP contribution in [-0.4, -0.2) is 49.6 Å². The molecule has 2 aromatic carbocycles. The first-order valence-electron chi connectivity index (χ1n) is 9.34. The third-order valence-corrected chi connectivity index (χ3v) is 6.79. The van der Waals surface area contributed by atoms with Gasteiger partial charge in [0, 0.05) is 25.2 Å². The van der Waals surface area contributed by atoms with Crippen molar-refractivity contribution in [2.24, 2.45) is 0 Å². The molecule has 3 rings (SSSR count). The molecule has 0 atom stereocenters. The molecule has 2 aromatic rings. The molecule has 0 aromatic heterocycles. The average Bonchev–Trinajstić information content (AvgIpc) is 3.19. The number of benzene rings is 2. The van der Waals surface area contributed by atoms with E-state index in [0.29, 0.717) is 18.7 Å². The van der Waals surface area contributed by atoms with Crippen molar-refractivity contribution in [2.45, 2.75) is 31.2 Å². The van der Waals surface area contributed by atoms with Gasteiger partial charge in [-0.15, -0.1) is 0 Å². The number of likely N-dealkylation sites (tertiary alicyclic amines) is 1. The van der Waals surface area contributed by atoms with Crippen molar-refractivity contribution in [3.63, 3.8) is 0 Å². The van der Waals surface area contributed by atoms with Crippen LogP contribution in [0, 0.1) is 0 Å². The van der Waals surface area contributed by atoms with E-state index in [2.05, 4.69) is 4.90 Å². The highest BCUT2D eigenvalue weighted by molar-refractivity contribution is 7.89. The average molecular weight is 387 g/mol. The summed E-state index contributed by atoms with van der Waals surface area (Å²) in [5, 5.41) is 0. The number of carbonyl (C=O) groups is 1. The molecule has 1 saturated heterocycles. The maximum Gasteiger partial charge on any atom is 0.243 e. The van der Waals surface area contributed by atoms with Gasteiger partial charge in [-0.05, 0) is 50.6 Å². The smallest absolute Gasteiger partial charge is 0.243 e. The minimum atomic E-state index is -3.69. The lowest BCUT2D eigenvalue weighted by atomic mass is 10.2. The number of nitrogens with zero attached hydrogens (tertiary/aromatic N) is 2. The lowest BCUT2D eigenvalue weighted by Crippen LogP contribution is -2.37. The van der Waals surface area contributed by atoms with Crippen LogP contribution >= 0.6 is 0 Å². The van der Waals surface area contributed by atoms with Crippen molar-refractivity contribution in [3.05, 3.63) is 65.7 Å². The van der Waals surface area contributed by atoms with Crippen LogP contribution in [0.1, 0.15) is 35.7 Å². The lowest BCUT2D eigenvalue weighted by molar-refractivity contribution is 0.101. The SMILES string of the molecule is CC(=O)c1cccc(S(=O)(=O)N(CCN2CCCC2)Cc2ccccc2)c1. The molecule has 5 nitrogen and oxygen atoms in total. The number of carbonyl (C=O) groups excluding carboxylic acids is 1. The number of hydrogen-bond donors (Lipinski definition) is 0. The Morgan fingerprint density at radius 2 is 1.74 bits per heavy atom. The van der Waals surface area contributed by atoms with E-state index in [0.717, 1.165) is 25.2 Å². The van der Waals surface area contributed by atoms with E-state index in [1.807, 2.05) is 30.3 Å². The maximum absolute atomic E-state index is 13.3. The van der Waals surface area contributed by atoms with Crippen molar-refractivity contribution < 1.29 is 13.2 Å². The highest BCUT2D eigenvalue weighted by Gasteiger charge is 2.26. The predicted octanol–water partition coefficient (Wildman–Crippen LogP) is 3.18. The molecule has 0 bridgehead atoms. The van der Waals surface area contributed by atoms with Gasteiger partial charge in [-0.1, -0.05) is 42.5 Å². The standard InChI is InChI=1S/C21H26N2O3S/c1-18(24)20-10-7-11-21(16-20)27(25,26)23(15-14-22-12-5-6-13-22)17-19-8-3-2-4-9-19/h2-4,7-11,16H,5-6,12-15,17H2,1H3. The topological polar surface area (TPSA) is 57.7 Å². The molecule has 27 heavy (non-hydrogen) atoms. The summed E-state index contributed by atoms with van der Waals surface area (Å²) in [6.07, 6.45) is 2.35. The first-order valence-corrected chi connectivity index (χ1v) is 10.8. The largest absolute Gasteiger partial charge is 0.302 e. The molecular weight excluding hydrogens is 360 g/mol. The number of hydrogen-bond acceptors (Lipinski definition) is 4. The second kappa shape index (κ2) is 8.78. The zero-order valence-electron chi connectivity index (χ0n) is 15.7. The number of sulfonamides is 1. The first kappa shape index (κ1) is 19.7. The second-order valence-electron chi connectivity index (χ2n) is 6.96. The van der Waals surface area contributed by atoms with Gasteiger partial charge in [0.25, 0.3) is 0 Å². The Labute approximate surface area is 161 Å². The van der Waals surface area contributed by atoms with Crippen LogP contribution in [0.3, 0.4) is 0 Å². The highest BCUT2D eigenvalue weighted by Crippen LogP contribution is 2.20. The summed E-state index contributed by atoms with van der Waals surface area (Å²) in [6.45, 7) is 4.97. The molecule has 0 aliphatic carbocycles. The van der Waals surface area contributed by atoms with E-state index in [9.17, 15) is 13.2 Å². The van der Waals surface area contributed by atoms with Gasteiger partial charge >= 0.3 is 0 Å². The highest BCUT2D eigenvalue weighted by atomic mass is 32.2. The Morgan fingerprint density at radius 1 is 1.04 bits per heavy atom. The van der Waals surface area contributed by atoms with Crippen molar-refractivity contribution in [2.75, 3.05) is 26.2 Å². The van der Waals surface area contributed by atoms with Gasteiger partial charge in [-0.25, -0.2) is 8.42 Å². The summed E-state index contributed by atoms with van der Waals surface area (Å²) < 4.78 is 28.2. The van der Waals surface area contributed by atoms with Crippen molar-refractivity contribution in [3.8, 4) is 0 Å². The molecule has 0 amide bonds. The van der Waals surface area contributed by atoms with E-state index < -0.39 is 10.0 Å². The van der Waals surface area contributed by atoms with Crippen LogP contribution in [-0.2, 0) is 16.6 Å². The van der Waals surface area contributed by atoms with Crippen molar-refractivity contribution in [1.82, 2.24) is 9.21 Å². The van der Waals surface area contributed by atoms with Crippen LogP contribution in [0.4, 0.5) is 0 Å². The van der Waals surface area contributed by atoms with E-state index in [4.69, 9.17) is 0 Å². The number of Topliss-reactive ketones (excluding diaryl/α,β-unsaturated/α-hetero) is 1. The van der Waals surface area contributed by atoms with Gasteiger partial charge in [0.05, 0.1) is 4.90 Å². The first-order chi connectivity index (χ1) is 13.0. The van der Waals surface area contributed by atoms with E-state index in [1.165, 1.54) is 30.1 Å². The zero-order chi connectivity index (χ0) is 19.3. The monoisotopic (exact) mass is 386 g/mol. The molecule has 6 heteroatoms. The van der Waals surface area contributed by atoms with E-state index in [-0.39, 0.29) is 10.7 Å². The van der Waals surface area contributed by atoms with Gasteiger partial charge in [-0.2, -0.15) is 4.31 Å². The molecular formula is C21H26N2O3S. The Balaban J connectivity index is 1.86. The quantitative estimate of drug-likeness (QED) is 0.654. The third-order valence-electron chi connectivity index (χ3n) is 4.94. The van der Waals surface area contributed by atoms with Gasteiger partial charge in [0.15, 0.2) is 5.78 Å². The maximum atomic E-state index is 13.3. The Morgan fingerprint density at radius 3 is 2.41 bits per heavy atom. The van der Waals surface area contributed by atoms with Crippen LogP contribution in [0.15, 0.2) is 59.5 Å². The van der Waals surface area contributed by atoms with Crippen LogP contribution in [0.2, 0.25) is 0 Å². The molecule has 144 valence electrons. The van der Waals surface area contributed by atoms with Crippen molar-refractivity contribution >= 4 is 15.8 Å². The van der Waals surface area contributed by atoms with Crippen molar-refractivity contribution in [1.29, 1.82) is 0 Å². The number of rotatable bonds is 8. The summed E-state index contributed by atoms with van der Waals surface area (Å²) >= 11 is 0. The van der Waals surface area contributed by atoms with Gasteiger partial charge < -0.3 is 4.90 Å². The molecule has 0 unspecified atom stereocenters. The fraction of sp³-hybridized carbons (Fsp3) is 0.381. The summed E-state index contributed by atoms with van der Waals surface area (Å²) in [7, 11) is -3.69. The van der Waals surface area contributed by atoms with Crippen LogP contribution in [0.25, 0.3) is 0 Å². The Hall–Kier alpha value is -2.02. The van der Waals surface area contributed by atoms with E-state index >= 15 is 0 Å². The molecule has 0 radical (unpaired) electrons. The van der Waals surface area contributed by atoms with Crippen LogP contribution in [0.5, 0.6) is 0 Å². The fourth-order valence-corrected chi connectivity index (χ4v) is 4.82. The summed E-state index contributed by atoms with van der Waals surface area (Å²) in [5.41, 5.74) is 1.36. The predicted molar refractivity (Wildman–Crippen MR) is 106 cm³/mol. The summed E-state index contributed by atoms with van der Waals surface area (Å²) in [5.74, 6) is -0.140. The summed E-state index contributed by atoms with van der Waals surface area (Å²) in [6, 6.07) is 15.9. The molecule has 0 N–H and O–H groups in total. The van der Waals surface area contributed by atoms with Crippen LogP contribution < -0.4 is 0 Å². The normalized spacial score (nSPS) is 15.3. The minimum Gasteiger partial charge on any atom is -0.302 e. The molecule has 1 fully saturated rings. The Kier molecular flexibility index (Phi) is 6.42. The minimum absolute atomic E-state index is 0.140. The van der Waals surface area contributed by atoms with Gasteiger partial charge in [-0.3, -0.25) is 4.79 Å². The molecule has 1 aliphatic rings. The number of ketones is 1. The molecule has 1 aliphatic heterocycles. The summed E-state index contributed by atoms with van der Waals surface area (Å²) in [4.78, 5) is 14.1. The van der Waals surface area contributed by atoms with E-state index in [1.54, 1.807) is 18.2 Å². The second-order valence-corrected chi connectivity index (χ2v) is 8.89. The zero-order valence-corrected chi connectivity index (χ0v) is 16.5. The molecule has 0 saturated carbocycles. The lowest BCUT2D eigenvalue weighted by Gasteiger charge is -2.25. The van der Waals surface area contributed by atoms with Gasteiger partial charge in [0.1, 0.15) is 0 Å². The molecule has 1 heterocycles. The van der Waals surface area contributed by atoms with Gasteiger partial charge in [0.2, 0.25) is 10.0 Å². The fourth-order valence-electron chi connectivity index (χ4n) is 3.36. The molecule has 0 spiro atoms.